The van der Waals surface area contributed by atoms with E-state index in [0.717, 1.165) is 12.3 Å². The minimum atomic E-state index is 0.361. The first-order valence-electron chi connectivity index (χ1n) is 4.12. The summed E-state index contributed by atoms with van der Waals surface area (Å²) >= 11 is 0. The third-order valence-corrected chi connectivity index (χ3v) is 2.26. The molecule has 1 aliphatic rings. The van der Waals surface area contributed by atoms with Crippen molar-refractivity contribution in [1.29, 1.82) is 0 Å². The molecule has 2 nitrogen and oxygen atoms in total. The number of likely N-dealkylation sites (tertiary alicyclic amines) is 1. The molecule has 1 aliphatic heterocycles. The molecule has 1 rings (SSSR count). The van der Waals surface area contributed by atoms with Gasteiger partial charge in [0.05, 0.1) is 0 Å². The lowest BCUT2D eigenvalue weighted by molar-refractivity contribution is 0.270. The fraction of sp³-hybridized carbons (Fsp3) is 1.00. The van der Waals surface area contributed by atoms with E-state index >= 15 is 0 Å². The minimum absolute atomic E-state index is 0.361. The molecule has 2 heteroatoms. The highest BCUT2D eigenvalue weighted by Gasteiger charge is 2.17. The van der Waals surface area contributed by atoms with Crippen LogP contribution in [0.5, 0.6) is 0 Å². The Kier molecular flexibility index (Phi) is 3.16. The maximum Gasteiger partial charge on any atom is 0.0431 e. The van der Waals surface area contributed by atoms with Crippen LogP contribution in [0.25, 0.3) is 0 Å². The van der Waals surface area contributed by atoms with Crippen molar-refractivity contribution in [1.82, 2.24) is 4.90 Å². The molecule has 0 bridgehead atoms. The smallest absolute Gasteiger partial charge is 0.0431 e. The van der Waals surface area contributed by atoms with E-state index in [1.807, 2.05) is 0 Å². The highest BCUT2D eigenvalue weighted by molar-refractivity contribution is 4.72. The van der Waals surface area contributed by atoms with E-state index in [0.29, 0.717) is 6.61 Å². The van der Waals surface area contributed by atoms with Gasteiger partial charge in [-0.05, 0) is 38.8 Å². The van der Waals surface area contributed by atoms with Crippen LogP contribution >= 0.6 is 0 Å². The summed E-state index contributed by atoms with van der Waals surface area (Å²) in [5, 5.41) is 8.58. The Morgan fingerprint density at radius 3 is 2.90 bits per heavy atom. The normalized spacial score (nSPS) is 27.6. The summed E-state index contributed by atoms with van der Waals surface area (Å²) in [6.45, 7) is 2.84. The number of rotatable bonds is 3. The monoisotopic (exact) mass is 143 g/mol. The highest BCUT2D eigenvalue weighted by atomic mass is 16.2. The van der Waals surface area contributed by atoms with E-state index < -0.39 is 0 Å². The fourth-order valence-electron chi connectivity index (χ4n) is 1.64. The quantitative estimate of drug-likeness (QED) is 0.629. The van der Waals surface area contributed by atoms with Crippen LogP contribution in [0.2, 0.25) is 0 Å². The summed E-state index contributed by atoms with van der Waals surface area (Å²) in [6.07, 6.45) is 3.52. The molecule has 60 valence electrons. The van der Waals surface area contributed by atoms with Crippen molar-refractivity contribution in [3.63, 3.8) is 0 Å². The van der Waals surface area contributed by atoms with Crippen LogP contribution < -0.4 is 0 Å². The number of aliphatic hydroxyl groups is 1. The Labute approximate surface area is 62.8 Å². The third-order valence-electron chi connectivity index (χ3n) is 2.26. The molecular weight excluding hydrogens is 126 g/mol. The summed E-state index contributed by atoms with van der Waals surface area (Å²) in [6, 6.07) is 0. The predicted molar refractivity (Wildman–Crippen MR) is 41.9 cm³/mol. The predicted octanol–water partition coefficient (Wildman–Crippen LogP) is 0.711. The van der Waals surface area contributed by atoms with Crippen molar-refractivity contribution in [3.8, 4) is 0 Å². The van der Waals surface area contributed by atoms with E-state index in [1.54, 1.807) is 0 Å². The Bertz CT molecular complexity index is 95.3. The molecule has 1 heterocycles. The van der Waals surface area contributed by atoms with Crippen molar-refractivity contribution < 1.29 is 5.11 Å². The van der Waals surface area contributed by atoms with E-state index in [9.17, 15) is 0 Å². The number of aliphatic hydroxyl groups excluding tert-OH is 1. The lowest BCUT2D eigenvalue weighted by Crippen LogP contribution is -2.14. The summed E-state index contributed by atoms with van der Waals surface area (Å²) < 4.78 is 0. The van der Waals surface area contributed by atoms with Crippen LogP contribution in [0.1, 0.15) is 19.3 Å². The molecule has 0 aromatic carbocycles. The van der Waals surface area contributed by atoms with Gasteiger partial charge in [-0.2, -0.15) is 0 Å². The van der Waals surface area contributed by atoms with Crippen molar-refractivity contribution >= 4 is 0 Å². The second-order valence-corrected chi connectivity index (χ2v) is 3.28. The van der Waals surface area contributed by atoms with E-state index in [-0.39, 0.29) is 0 Å². The average molecular weight is 143 g/mol. The van der Waals surface area contributed by atoms with Gasteiger partial charge in [-0.15, -0.1) is 0 Å². The Morgan fingerprint density at radius 1 is 1.60 bits per heavy atom. The molecule has 0 amide bonds. The van der Waals surface area contributed by atoms with Gasteiger partial charge in [0.2, 0.25) is 0 Å². The lowest BCUT2D eigenvalue weighted by Gasteiger charge is -2.08. The first-order valence-corrected chi connectivity index (χ1v) is 4.12. The molecule has 0 aliphatic carbocycles. The van der Waals surface area contributed by atoms with Gasteiger partial charge in [0.25, 0.3) is 0 Å². The van der Waals surface area contributed by atoms with Crippen molar-refractivity contribution in [2.75, 3.05) is 26.7 Å². The number of hydrogen-bond donors (Lipinski definition) is 1. The molecule has 0 aromatic heterocycles. The molecule has 1 atom stereocenters. The summed E-state index contributed by atoms with van der Waals surface area (Å²) in [4.78, 5) is 2.36. The first kappa shape index (κ1) is 8.02. The van der Waals surface area contributed by atoms with Crippen LogP contribution in [0.3, 0.4) is 0 Å². The van der Waals surface area contributed by atoms with Crippen LogP contribution in [-0.2, 0) is 0 Å². The zero-order valence-corrected chi connectivity index (χ0v) is 6.71. The zero-order valence-electron chi connectivity index (χ0n) is 6.71. The lowest BCUT2D eigenvalue weighted by atomic mass is 10.0. The zero-order chi connectivity index (χ0) is 7.40. The molecule has 1 saturated heterocycles. The van der Waals surface area contributed by atoms with Gasteiger partial charge in [0.1, 0.15) is 0 Å². The summed E-state index contributed by atoms with van der Waals surface area (Å²) in [5.41, 5.74) is 0. The SMILES string of the molecule is CN1CC[C@@H](CCCO)C1. The number of hydrogen-bond acceptors (Lipinski definition) is 2. The topological polar surface area (TPSA) is 23.5 Å². The fourth-order valence-corrected chi connectivity index (χ4v) is 1.64. The Hall–Kier alpha value is -0.0800. The number of nitrogens with zero attached hydrogens (tertiary/aromatic N) is 1. The van der Waals surface area contributed by atoms with Crippen LogP contribution in [0.4, 0.5) is 0 Å². The van der Waals surface area contributed by atoms with Crippen LogP contribution in [0, 0.1) is 5.92 Å². The minimum Gasteiger partial charge on any atom is -0.396 e. The molecule has 10 heavy (non-hydrogen) atoms. The second-order valence-electron chi connectivity index (χ2n) is 3.28. The van der Waals surface area contributed by atoms with Crippen molar-refractivity contribution in [3.05, 3.63) is 0 Å². The molecule has 1 N–H and O–H groups in total. The highest BCUT2D eigenvalue weighted by Crippen LogP contribution is 2.18. The van der Waals surface area contributed by atoms with Crippen molar-refractivity contribution in [2.24, 2.45) is 5.92 Å². The van der Waals surface area contributed by atoms with Gasteiger partial charge in [0, 0.05) is 13.2 Å². The molecule has 0 saturated carbocycles. The third kappa shape index (κ3) is 2.27. The van der Waals surface area contributed by atoms with E-state index in [2.05, 4.69) is 11.9 Å². The second kappa shape index (κ2) is 3.94. The summed E-state index contributed by atoms with van der Waals surface area (Å²) in [7, 11) is 2.17. The summed E-state index contributed by atoms with van der Waals surface area (Å²) in [5.74, 6) is 0.858. The van der Waals surface area contributed by atoms with Crippen molar-refractivity contribution in [2.45, 2.75) is 19.3 Å². The van der Waals surface area contributed by atoms with Gasteiger partial charge in [-0.1, -0.05) is 0 Å². The van der Waals surface area contributed by atoms with E-state index in [1.165, 1.54) is 25.9 Å². The average Bonchev–Trinajstić information content (AvgIpc) is 2.31. The standard InChI is InChI=1S/C8H17NO/c1-9-5-4-8(7-9)3-2-6-10/h8,10H,2-7H2,1H3/t8-/m1/s1. The molecular formula is C8H17NO. The van der Waals surface area contributed by atoms with Crippen LogP contribution in [-0.4, -0.2) is 36.8 Å². The van der Waals surface area contributed by atoms with Gasteiger partial charge >= 0.3 is 0 Å². The maximum atomic E-state index is 8.58. The van der Waals surface area contributed by atoms with Gasteiger partial charge < -0.3 is 10.0 Å². The molecule has 0 spiro atoms. The first-order chi connectivity index (χ1) is 4.83. The van der Waals surface area contributed by atoms with Gasteiger partial charge in [0.15, 0.2) is 0 Å². The molecule has 0 radical (unpaired) electrons. The van der Waals surface area contributed by atoms with Crippen LogP contribution in [0.15, 0.2) is 0 Å². The van der Waals surface area contributed by atoms with Gasteiger partial charge in [-0.3, -0.25) is 0 Å². The molecule has 0 unspecified atom stereocenters. The van der Waals surface area contributed by atoms with Gasteiger partial charge in [-0.25, -0.2) is 0 Å². The molecule has 0 aromatic rings. The maximum absolute atomic E-state index is 8.58. The Morgan fingerprint density at radius 2 is 2.40 bits per heavy atom. The Balaban J connectivity index is 2.06. The molecule has 1 fully saturated rings. The van der Waals surface area contributed by atoms with E-state index in [4.69, 9.17) is 5.11 Å². The largest absolute Gasteiger partial charge is 0.396 e.